The predicted molar refractivity (Wildman–Crippen MR) is 78.1 cm³/mol. The number of ether oxygens (including phenoxy) is 1. The van der Waals surface area contributed by atoms with Crippen molar-refractivity contribution < 1.29 is 17.6 Å². The molecule has 0 radical (unpaired) electrons. The van der Waals surface area contributed by atoms with E-state index in [-0.39, 0.29) is 4.90 Å². The lowest BCUT2D eigenvalue weighted by atomic mass is 10.3. The van der Waals surface area contributed by atoms with Crippen molar-refractivity contribution in [2.45, 2.75) is 17.9 Å². The maximum atomic E-state index is 12.3. The monoisotopic (exact) mass is 359 g/mol. The van der Waals surface area contributed by atoms with Crippen molar-refractivity contribution in [2.24, 2.45) is 0 Å². The van der Waals surface area contributed by atoms with Crippen molar-refractivity contribution in [1.29, 1.82) is 0 Å². The SMILES string of the molecule is COc1ccc(S(=O)(=O)NC(C)c2ccco2)cc1Br. The van der Waals surface area contributed by atoms with Crippen LogP contribution >= 0.6 is 15.9 Å². The molecule has 0 saturated heterocycles. The van der Waals surface area contributed by atoms with Crippen LogP contribution in [0.3, 0.4) is 0 Å². The lowest BCUT2D eigenvalue weighted by molar-refractivity contribution is 0.411. The highest BCUT2D eigenvalue weighted by atomic mass is 79.9. The highest BCUT2D eigenvalue weighted by Gasteiger charge is 2.20. The molecule has 0 aliphatic carbocycles. The maximum Gasteiger partial charge on any atom is 0.241 e. The predicted octanol–water partition coefficient (Wildman–Crippen LogP) is 3.09. The Balaban J connectivity index is 2.24. The van der Waals surface area contributed by atoms with Gasteiger partial charge in [-0.2, -0.15) is 0 Å². The van der Waals surface area contributed by atoms with Crippen LogP contribution < -0.4 is 9.46 Å². The molecule has 0 fully saturated rings. The zero-order chi connectivity index (χ0) is 14.8. The molecule has 1 aromatic heterocycles. The molecule has 1 aromatic carbocycles. The molecule has 1 N–H and O–H groups in total. The van der Waals surface area contributed by atoms with E-state index in [1.165, 1.54) is 25.5 Å². The number of sulfonamides is 1. The molecule has 1 atom stereocenters. The van der Waals surface area contributed by atoms with Gasteiger partial charge in [0, 0.05) is 0 Å². The standard InChI is InChI=1S/C13H14BrNO4S/c1-9(12-4-3-7-19-12)15-20(16,17)10-5-6-13(18-2)11(14)8-10/h3-9,15H,1-2H3. The normalized spacial score (nSPS) is 13.2. The fourth-order valence-electron chi connectivity index (χ4n) is 1.71. The van der Waals surface area contributed by atoms with E-state index in [1.807, 2.05) is 0 Å². The summed E-state index contributed by atoms with van der Waals surface area (Å²) >= 11 is 3.27. The summed E-state index contributed by atoms with van der Waals surface area (Å²) in [6.07, 6.45) is 1.50. The van der Waals surface area contributed by atoms with Crippen LogP contribution in [-0.4, -0.2) is 15.5 Å². The largest absolute Gasteiger partial charge is 0.496 e. The van der Waals surface area contributed by atoms with E-state index in [1.54, 1.807) is 25.1 Å². The van der Waals surface area contributed by atoms with Crippen LogP contribution in [0.25, 0.3) is 0 Å². The molecule has 2 aromatic rings. The maximum absolute atomic E-state index is 12.3. The molecule has 0 saturated carbocycles. The Bertz CT molecular complexity index is 682. The van der Waals surface area contributed by atoms with Crippen molar-refractivity contribution in [3.05, 3.63) is 46.8 Å². The molecular weight excluding hydrogens is 346 g/mol. The van der Waals surface area contributed by atoms with Gasteiger partial charge >= 0.3 is 0 Å². The molecule has 108 valence electrons. The van der Waals surface area contributed by atoms with Crippen molar-refractivity contribution in [3.8, 4) is 5.75 Å². The van der Waals surface area contributed by atoms with Crippen molar-refractivity contribution in [1.82, 2.24) is 4.72 Å². The lowest BCUT2D eigenvalue weighted by Gasteiger charge is -2.13. The summed E-state index contributed by atoms with van der Waals surface area (Å²) in [5.41, 5.74) is 0. The average Bonchev–Trinajstić information content (AvgIpc) is 2.92. The van der Waals surface area contributed by atoms with Gasteiger partial charge in [0.2, 0.25) is 10.0 Å². The Morgan fingerprint density at radius 2 is 2.10 bits per heavy atom. The van der Waals surface area contributed by atoms with E-state index in [0.717, 1.165) is 0 Å². The third-order valence-electron chi connectivity index (χ3n) is 2.74. The fourth-order valence-corrected chi connectivity index (χ4v) is 3.64. The molecule has 1 unspecified atom stereocenters. The summed E-state index contributed by atoms with van der Waals surface area (Å²) in [4.78, 5) is 0.156. The minimum atomic E-state index is -3.63. The van der Waals surface area contributed by atoms with Crippen LogP contribution in [-0.2, 0) is 10.0 Å². The van der Waals surface area contributed by atoms with Crippen molar-refractivity contribution >= 4 is 26.0 Å². The third kappa shape index (κ3) is 3.23. The first-order chi connectivity index (χ1) is 9.44. The molecule has 20 heavy (non-hydrogen) atoms. The number of hydrogen-bond donors (Lipinski definition) is 1. The molecular formula is C13H14BrNO4S. The van der Waals surface area contributed by atoms with E-state index in [2.05, 4.69) is 20.7 Å². The van der Waals surface area contributed by atoms with Crippen molar-refractivity contribution in [2.75, 3.05) is 7.11 Å². The summed E-state index contributed by atoms with van der Waals surface area (Å²) in [6.45, 7) is 1.72. The summed E-state index contributed by atoms with van der Waals surface area (Å²) in [6, 6.07) is 7.56. The summed E-state index contributed by atoms with van der Waals surface area (Å²) < 4.78 is 37.9. The van der Waals surface area contributed by atoms with Gasteiger partial charge in [-0.15, -0.1) is 0 Å². The van der Waals surface area contributed by atoms with Gasteiger partial charge in [-0.1, -0.05) is 0 Å². The molecule has 7 heteroatoms. The molecule has 1 heterocycles. The van der Waals surface area contributed by atoms with Gasteiger partial charge in [-0.25, -0.2) is 13.1 Å². The number of hydrogen-bond acceptors (Lipinski definition) is 4. The second-order valence-corrected chi connectivity index (χ2v) is 6.72. The molecule has 2 rings (SSSR count). The molecule has 0 aliphatic heterocycles. The Morgan fingerprint density at radius 1 is 1.35 bits per heavy atom. The molecule has 0 spiro atoms. The Labute approximate surface area is 126 Å². The van der Waals surface area contributed by atoms with Gasteiger partial charge < -0.3 is 9.15 Å². The Hall–Kier alpha value is -1.31. The van der Waals surface area contributed by atoms with Crippen LogP contribution in [0.2, 0.25) is 0 Å². The van der Waals surface area contributed by atoms with E-state index >= 15 is 0 Å². The molecule has 5 nitrogen and oxygen atoms in total. The highest BCUT2D eigenvalue weighted by molar-refractivity contribution is 9.10. The first kappa shape index (κ1) is 15.1. The van der Waals surface area contributed by atoms with Crippen LogP contribution in [0.15, 0.2) is 50.4 Å². The van der Waals surface area contributed by atoms with E-state index in [4.69, 9.17) is 9.15 Å². The van der Waals surface area contributed by atoms with Gasteiger partial charge in [0.15, 0.2) is 0 Å². The third-order valence-corrected chi connectivity index (χ3v) is 4.89. The zero-order valence-corrected chi connectivity index (χ0v) is 13.4. The van der Waals surface area contributed by atoms with Crippen LogP contribution in [0.4, 0.5) is 0 Å². The molecule has 0 amide bonds. The van der Waals surface area contributed by atoms with Crippen LogP contribution in [0.5, 0.6) is 5.75 Å². The van der Waals surface area contributed by atoms with Gasteiger partial charge in [-0.3, -0.25) is 0 Å². The number of furan rings is 1. The van der Waals surface area contributed by atoms with Crippen LogP contribution in [0, 0.1) is 0 Å². The second kappa shape index (κ2) is 5.99. The quantitative estimate of drug-likeness (QED) is 0.890. The van der Waals surface area contributed by atoms with Crippen molar-refractivity contribution in [3.63, 3.8) is 0 Å². The van der Waals surface area contributed by atoms with Gasteiger partial charge in [0.25, 0.3) is 0 Å². The van der Waals surface area contributed by atoms with E-state index in [0.29, 0.717) is 16.0 Å². The topological polar surface area (TPSA) is 68.5 Å². The number of halogens is 1. The number of rotatable bonds is 5. The molecule has 0 aliphatic rings. The van der Waals surface area contributed by atoms with Gasteiger partial charge in [0.1, 0.15) is 11.5 Å². The average molecular weight is 360 g/mol. The van der Waals surface area contributed by atoms with Gasteiger partial charge in [0.05, 0.1) is 28.8 Å². The smallest absolute Gasteiger partial charge is 0.241 e. The first-order valence-corrected chi connectivity index (χ1v) is 8.11. The van der Waals surface area contributed by atoms with E-state index < -0.39 is 16.1 Å². The van der Waals surface area contributed by atoms with Crippen LogP contribution in [0.1, 0.15) is 18.7 Å². The fraction of sp³-hybridized carbons (Fsp3) is 0.231. The van der Waals surface area contributed by atoms with Gasteiger partial charge in [-0.05, 0) is 53.2 Å². The minimum Gasteiger partial charge on any atom is -0.496 e. The first-order valence-electron chi connectivity index (χ1n) is 5.83. The number of methoxy groups -OCH3 is 1. The second-order valence-electron chi connectivity index (χ2n) is 4.15. The van der Waals surface area contributed by atoms with E-state index in [9.17, 15) is 8.42 Å². The Kier molecular flexibility index (Phi) is 4.52. The number of nitrogens with one attached hydrogen (secondary N) is 1. The minimum absolute atomic E-state index is 0.156. The summed E-state index contributed by atoms with van der Waals surface area (Å²) in [5.74, 6) is 1.13. The zero-order valence-electron chi connectivity index (χ0n) is 11.0. The summed E-state index contributed by atoms with van der Waals surface area (Å²) in [7, 11) is -2.11. The Morgan fingerprint density at radius 3 is 2.65 bits per heavy atom. The summed E-state index contributed by atoms with van der Waals surface area (Å²) in [5, 5.41) is 0. The lowest BCUT2D eigenvalue weighted by Crippen LogP contribution is -2.26. The molecule has 0 bridgehead atoms. The number of benzene rings is 1. The highest BCUT2D eigenvalue weighted by Crippen LogP contribution is 2.28.